The SMILES string of the molecule is O=[N+]([O-])c1ccc(CNC2CCN(C3CC3)CC2)s1. The molecule has 1 aromatic rings. The second kappa shape index (κ2) is 5.56. The smallest absolute Gasteiger partial charge is 0.309 e. The summed E-state index contributed by atoms with van der Waals surface area (Å²) in [6.07, 6.45) is 5.17. The number of nitrogens with one attached hydrogen (secondary N) is 1. The summed E-state index contributed by atoms with van der Waals surface area (Å²) in [5.74, 6) is 0. The average molecular weight is 281 g/mol. The molecule has 104 valence electrons. The highest BCUT2D eigenvalue weighted by atomic mass is 32.1. The lowest BCUT2D eigenvalue weighted by Crippen LogP contribution is -2.42. The fraction of sp³-hybridized carbons (Fsp3) is 0.692. The molecule has 6 heteroatoms. The standard InChI is InChI=1S/C13H19N3O2S/c17-16(18)13-4-3-12(19-13)9-14-10-5-7-15(8-6-10)11-1-2-11/h3-4,10-11,14H,1-2,5-9H2. The largest absolute Gasteiger partial charge is 0.324 e. The van der Waals surface area contributed by atoms with E-state index in [-0.39, 0.29) is 9.92 Å². The van der Waals surface area contributed by atoms with Crippen molar-refractivity contribution < 1.29 is 4.92 Å². The van der Waals surface area contributed by atoms with Crippen LogP contribution in [0.2, 0.25) is 0 Å². The van der Waals surface area contributed by atoms with Gasteiger partial charge in [0.05, 0.1) is 4.92 Å². The second-order valence-electron chi connectivity index (χ2n) is 5.42. The van der Waals surface area contributed by atoms with Gasteiger partial charge in [-0.25, -0.2) is 0 Å². The molecule has 0 aromatic carbocycles. The normalized spacial score (nSPS) is 21.7. The van der Waals surface area contributed by atoms with Gasteiger partial charge in [-0.1, -0.05) is 11.3 Å². The maximum atomic E-state index is 10.6. The van der Waals surface area contributed by atoms with Crippen LogP contribution in [-0.4, -0.2) is 35.0 Å². The Morgan fingerprint density at radius 3 is 2.63 bits per heavy atom. The van der Waals surface area contributed by atoms with Gasteiger partial charge in [0.1, 0.15) is 0 Å². The Balaban J connectivity index is 1.43. The van der Waals surface area contributed by atoms with Gasteiger partial charge in [0.2, 0.25) is 0 Å². The summed E-state index contributed by atoms with van der Waals surface area (Å²) in [6.45, 7) is 3.16. The Kier molecular flexibility index (Phi) is 3.81. The van der Waals surface area contributed by atoms with E-state index in [4.69, 9.17) is 0 Å². The van der Waals surface area contributed by atoms with Crippen LogP contribution in [0.25, 0.3) is 0 Å². The predicted octanol–water partition coefficient (Wildman–Crippen LogP) is 2.37. The quantitative estimate of drug-likeness (QED) is 0.665. The Bertz CT molecular complexity index is 450. The van der Waals surface area contributed by atoms with Crippen LogP contribution in [0, 0.1) is 10.1 Å². The van der Waals surface area contributed by atoms with Crippen molar-refractivity contribution >= 4 is 16.3 Å². The lowest BCUT2D eigenvalue weighted by molar-refractivity contribution is -0.380. The van der Waals surface area contributed by atoms with Crippen molar-refractivity contribution in [1.82, 2.24) is 10.2 Å². The van der Waals surface area contributed by atoms with E-state index in [2.05, 4.69) is 10.2 Å². The van der Waals surface area contributed by atoms with Gasteiger partial charge in [-0.3, -0.25) is 10.1 Å². The van der Waals surface area contributed by atoms with Crippen molar-refractivity contribution in [1.29, 1.82) is 0 Å². The summed E-state index contributed by atoms with van der Waals surface area (Å²) in [5, 5.41) is 14.4. The van der Waals surface area contributed by atoms with Crippen molar-refractivity contribution in [3.05, 3.63) is 27.1 Å². The molecule has 2 fully saturated rings. The Morgan fingerprint density at radius 2 is 2.05 bits per heavy atom. The van der Waals surface area contributed by atoms with Crippen LogP contribution in [0.5, 0.6) is 0 Å². The minimum Gasteiger partial charge on any atom is -0.309 e. The molecule has 1 N–H and O–H groups in total. The van der Waals surface area contributed by atoms with Crippen LogP contribution < -0.4 is 5.32 Å². The van der Waals surface area contributed by atoms with Crippen LogP contribution in [-0.2, 0) is 6.54 Å². The first kappa shape index (κ1) is 13.0. The van der Waals surface area contributed by atoms with Crippen molar-refractivity contribution in [3.63, 3.8) is 0 Å². The molecule has 0 unspecified atom stereocenters. The van der Waals surface area contributed by atoms with Crippen LogP contribution in [0.15, 0.2) is 12.1 Å². The average Bonchev–Trinajstić information content (AvgIpc) is 3.15. The highest BCUT2D eigenvalue weighted by Gasteiger charge is 2.31. The molecule has 19 heavy (non-hydrogen) atoms. The summed E-state index contributed by atoms with van der Waals surface area (Å²) in [4.78, 5) is 14.0. The Labute approximate surface area is 116 Å². The molecule has 1 saturated carbocycles. The van der Waals surface area contributed by atoms with E-state index in [1.54, 1.807) is 6.07 Å². The fourth-order valence-electron chi connectivity index (χ4n) is 2.71. The van der Waals surface area contributed by atoms with Crippen LogP contribution in [0.1, 0.15) is 30.6 Å². The first-order chi connectivity index (χ1) is 9.22. The Hall–Kier alpha value is -0.980. The third-order valence-electron chi connectivity index (χ3n) is 3.99. The van der Waals surface area contributed by atoms with Gasteiger partial charge in [0, 0.05) is 29.6 Å². The number of hydrogen-bond acceptors (Lipinski definition) is 5. The van der Waals surface area contributed by atoms with E-state index in [1.165, 1.54) is 50.1 Å². The molecule has 3 rings (SSSR count). The minimum absolute atomic E-state index is 0.236. The number of thiophene rings is 1. The molecule has 5 nitrogen and oxygen atoms in total. The number of piperidine rings is 1. The molecule has 1 saturated heterocycles. The molecular weight excluding hydrogens is 262 g/mol. The van der Waals surface area contributed by atoms with E-state index < -0.39 is 0 Å². The topological polar surface area (TPSA) is 58.4 Å². The zero-order chi connectivity index (χ0) is 13.2. The van der Waals surface area contributed by atoms with Crippen molar-refractivity contribution in [2.45, 2.75) is 44.3 Å². The van der Waals surface area contributed by atoms with Crippen LogP contribution in [0.4, 0.5) is 5.00 Å². The maximum Gasteiger partial charge on any atom is 0.324 e. The number of likely N-dealkylation sites (tertiary alicyclic amines) is 1. The molecule has 1 aliphatic carbocycles. The summed E-state index contributed by atoms with van der Waals surface area (Å²) >= 11 is 1.27. The van der Waals surface area contributed by atoms with E-state index >= 15 is 0 Å². The van der Waals surface area contributed by atoms with E-state index in [0.29, 0.717) is 6.04 Å². The van der Waals surface area contributed by atoms with Crippen molar-refractivity contribution in [3.8, 4) is 0 Å². The monoisotopic (exact) mass is 281 g/mol. The van der Waals surface area contributed by atoms with Gasteiger partial charge >= 0.3 is 5.00 Å². The lowest BCUT2D eigenvalue weighted by Gasteiger charge is -2.32. The third kappa shape index (κ3) is 3.32. The number of rotatable bonds is 5. The molecule has 0 spiro atoms. The first-order valence-electron chi connectivity index (χ1n) is 6.93. The van der Waals surface area contributed by atoms with E-state index in [0.717, 1.165) is 17.5 Å². The third-order valence-corrected chi connectivity index (χ3v) is 5.02. The van der Waals surface area contributed by atoms with Crippen LogP contribution in [0.3, 0.4) is 0 Å². The summed E-state index contributed by atoms with van der Waals surface area (Å²) in [7, 11) is 0. The molecule has 2 aliphatic rings. The number of nitro groups is 1. The summed E-state index contributed by atoms with van der Waals surface area (Å²) in [5.41, 5.74) is 0. The Morgan fingerprint density at radius 1 is 1.32 bits per heavy atom. The fourth-order valence-corrected chi connectivity index (χ4v) is 3.48. The van der Waals surface area contributed by atoms with Gasteiger partial charge in [-0.2, -0.15) is 0 Å². The highest BCUT2D eigenvalue weighted by Crippen LogP contribution is 2.29. The van der Waals surface area contributed by atoms with Crippen molar-refractivity contribution in [2.24, 2.45) is 0 Å². The minimum atomic E-state index is -0.317. The molecule has 0 radical (unpaired) electrons. The van der Waals surface area contributed by atoms with Crippen LogP contribution >= 0.6 is 11.3 Å². The summed E-state index contributed by atoms with van der Waals surface area (Å²) < 4.78 is 0. The van der Waals surface area contributed by atoms with Gasteiger partial charge in [-0.05, 0) is 44.8 Å². The van der Waals surface area contributed by atoms with E-state index in [1.807, 2.05) is 6.07 Å². The van der Waals surface area contributed by atoms with Gasteiger partial charge in [0.15, 0.2) is 0 Å². The summed E-state index contributed by atoms with van der Waals surface area (Å²) in [6, 6.07) is 4.89. The molecule has 0 atom stereocenters. The molecule has 2 heterocycles. The second-order valence-corrected chi connectivity index (χ2v) is 6.57. The molecule has 1 aliphatic heterocycles. The number of hydrogen-bond donors (Lipinski definition) is 1. The maximum absolute atomic E-state index is 10.6. The number of nitrogens with zero attached hydrogens (tertiary/aromatic N) is 2. The predicted molar refractivity (Wildman–Crippen MR) is 75.4 cm³/mol. The highest BCUT2D eigenvalue weighted by molar-refractivity contribution is 7.15. The van der Waals surface area contributed by atoms with Crippen molar-refractivity contribution in [2.75, 3.05) is 13.1 Å². The molecule has 0 bridgehead atoms. The lowest BCUT2D eigenvalue weighted by atomic mass is 10.0. The molecule has 1 aromatic heterocycles. The van der Waals surface area contributed by atoms with Gasteiger partial charge in [0.25, 0.3) is 0 Å². The molecule has 0 amide bonds. The van der Waals surface area contributed by atoms with Gasteiger partial charge in [-0.15, -0.1) is 0 Å². The first-order valence-corrected chi connectivity index (χ1v) is 7.74. The zero-order valence-corrected chi connectivity index (χ0v) is 11.7. The van der Waals surface area contributed by atoms with E-state index in [9.17, 15) is 10.1 Å². The molecular formula is C13H19N3O2S. The zero-order valence-electron chi connectivity index (χ0n) is 10.9. The van der Waals surface area contributed by atoms with Gasteiger partial charge < -0.3 is 10.2 Å².